The Bertz CT molecular complexity index is 956. The fraction of sp³-hybridized carbons (Fsp3) is 0.350. The van der Waals surface area contributed by atoms with Crippen LogP contribution in [0.25, 0.3) is 0 Å². The third kappa shape index (κ3) is 6.35. The van der Waals surface area contributed by atoms with Crippen LogP contribution in [-0.2, 0) is 4.74 Å². The molecule has 2 aromatic rings. The van der Waals surface area contributed by atoms with E-state index in [0.717, 1.165) is 6.07 Å². The molecule has 0 saturated carbocycles. The Balaban J connectivity index is 2.35. The number of nitro benzene ring substituents is 1. The van der Waals surface area contributed by atoms with Gasteiger partial charge < -0.3 is 34.6 Å². The standard InChI is InChI=1S/C20H22N2O9/c1-11-6-17(29-14-5-3-4-13(7-14)9-21)15(22(27)28)8-16(11)30-20(19(25)26)31-18(10-23)12(2)24/h3-8,12,18-20,23-26H,10H2,1-2H3. The number of hydrogen-bond acceptors (Lipinski definition) is 10. The molecule has 0 heterocycles. The Labute approximate surface area is 177 Å². The molecule has 4 N–H and O–H groups in total. The van der Waals surface area contributed by atoms with Crippen molar-refractivity contribution in [1.29, 1.82) is 5.26 Å². The number of aliphatic hydroxyl groups is 4. The maximum absolute atomic E-state index is 11.6. The van der Waals surface area contributed by atoms with E-state index in [1.54, 1.807) is 12.1 Å². The van der Waals surface area contributed by atoms with Gasteiger partial charge in [0.2, 0.25) is 12.0 Å². The maximum Gasteiger partial charge on any atom is 0.315 e. The van der Waals surface area contributed by atoms with Crippen molar-refractivity contribution in [1.82, 2.24) is 0 Å². The van der Waals surface area contributed by atoms with Crippen molar-refractivity contribution in [3.05, 3.63) is 57.6 Å². The van der Waals surface area contributed by atoms with E-state index < -0.39 is 42.0 Å². The SMILES string of the molecule is Cc1cc(Oc2cccc(C#N)c2)c([N+](=O)[O-])cc1OC(OC(CO)C(C)O)C(O)O. The first-order valence-electron chi connectivity index (χ1n) is 9.10. The lowest BCUT2D eigenvalue weighted by molar-refractivity contribution is -0.385. The van der Waals surface area contributed by atoms with E-state index in [1.807, 2.05) is 6.07 Å². The monoisotopic (exact) mass is 434 g/mol. The average molecular weight is 434 g/mol. The second-order valence-corrected chi connectivity index (χ2v) is 6.58. The van der Waals surface area contributed by atoms with E-state index in [4.69, 9.17) is 19.5 Å². The zero-order valence-corrected chi connectivity index (χ0v) is 16.7. The zero-order chi connectivity index (χ0) is 23.1. The normalized spacial score (nSPS) is 13.9. The van der Waals surface area contributed by atoms with Crippen molar-refractivity contribution >= 4 is 5.69 Å². The molecule has 11 nitrogen and oxygen atoms in total. The summed E-state index contributed by atoms with van der Waals surface area (Å²) in [5.74, 6) is -0.0145. The molecule has 0 fully saturated rings. The molecular weight excluding hydrogens is 412 g/mol. The van der Waals surface area contributed by atoms with E-state index in [0.29, 0.717) is 11.1 Å². The molecule has 0 spiro atoms. The Kier molecular flexibility index (Phi) is 8.26. The number of aliphatic hydroxyl groups excluding tert-OH is 3. The van der Waals surface area contributed by atoms with Gasteiger partial charge in [0.15, 0.2) is 0 Å². The number of aryl methyl sites for hydroxylation is 1. The van der Waals surface area contributed by atoms with Gasteiger partial charge in [-0.2, -0.15) is 5.26 Å². The summed E-state index contributed by atoms with van der Waals surface area (Å²) in [6.07, 6.45) is -6.25. The van der Waals surface area contributed by atoms with Crippen LogP contribution < -0.4 is 9.47 Å². The molecule has 0 radical (unpaired) electrons. The summed E-state index contributed by atoms with van der Waals surface area (Å²) >= 11 is 0. The van der Waals surface area contributed by atoms with Crippen molar-refractivity contribution in [3.63, 3.8) is 0 Å². The van der Waals surface area contributed by atoms with Gasteiger partial charge in [0, 0.05) is 0 Å². The van der Waals surface area contributed by atoms with E-state index in [-0.39, 0.29) is 17.2 Å². The highest BCUT2D eigenvalue weighted by Crippen LogP contribution is 2.37. The van der Waals surface area contributed by atoms with Crippen LogP contribution in [0.2, 0.25) is 0 Å². The summed E-state index contributed by atoms with van der Waals surface area (Å²) in [5, 5.41) is 58.4. The van der Waals surface area contributed by atoms with Crippen LogP contribution in [0.1, 0.15) is 18.1 Å². The summed E-state index contributed by atoms with van der Waals surface area (Å²) in [5.41, 5.74) is 0.164. The molecule has 0 saturated heterocycles. The zero-order valence-electron chi connectivity index (χ0n) is 16.7. The minimum atomic E-state index is -2.17. The van der Waals surface area contributed by atoms with Gasteiger partial charge in [-0.3, -0.25) is 10.1 Å². The van der Waals surface area contributed by atoms with Gasteiger partial charge in [-0.1, -0.05) is 6.07 Å². The molecule has 0 aliphatic heterocycles. The molecule has 166 valence electrons. The van der Waals surface area contributed by atoms with Crippen molar-refractivity contribution in [2.45, 2.75) is 38.6 Å². The minimum Gasteiger partial charge on any atom is -0.459 e. The van der Waals surface area contributed by atoms with Crippen LogP contribution in [0.5, 0.6) is 17.2 Å². The maximum atomic E-state index is 11.6. The highest BCUT2D eigenvalue weighted by molar-refractivity contribution is 5.56. The Hall–Kier alpha value is -3.27. The van der Waals surface area contributed by atoms with E-state index in [9.17, 15) is 30.5 Å². The highest BCUT2D eigenvalue weighted by atomic mass is 16.7. The van der Waals surface area contributed by atoms with Crippen LogP contribution in [0.3, 0.4) is 0 Å². The largest absolute Gasteiger partial charge is 0.459 e. The summed E-state index contributed by atoms with van der Waals surface area (Å²) in [4.78, 5) is 10.8. The third-order valence-corrected chi connectivity index (χ3v) is 4.16. The van der Waals surface area contributed by atoms with E-state index in [1.165, 1.54) is 32.0 Å². The second kappa shape index (κ2) is 10.7. The van der Waals surface area contributed by atoms with Gasteiger partial charge in [-0.05, 0) is 43.7 Å². The fourth-order valence-electron chi connectivity index (χ4n) is 2.52. The molecule has 3 atom stereocenters. The Morgan fingerprint density at radius 1 is 1.19 bits per heavy atom. The molecule has 0 amide bonds. The molecule has 0 aliphatic rings. The van der Waals surface area contributed by atoms with Gasteiger partial charge in [0.25, 0.3) is 6.29 Å². The first-order chi connectivity index (χ1) is 14.7. The summed E-state index contributed by atoms with van der Waals surface area (Å²) in [6, 6.07) is 10.3. The van der Waals surface area contributed by atoms with Crippen LogP contribution in [0, 0.1) is 28.4 Å². The Morgan fingerprint density at radius 3 is 2.45 bits per heavy atom. The van der Waals surface area contributed by atoms with Crippen LogP contribution >= 0.6 is 0 Å². The number of nitro groups is 1. The summed E-state index contributed by atoms with van der Waals surface area (Å²) in [6.45, 7) is 2.24. The predicted molar refractivity (Wildman–Crippen MR) is 105 cm³/mol. The first kappa shape index (κ1) is 24.0. The molecule has 2 rings (SSSR count). The van der Waals surface area contributed by atoms with Crippen molar-refractivity contribution in [2.75, 3.05) is 6.61 Å². The summed E-state index contributed by atoms with van der Waals surface area (Å²) in [7, 11) is 0. The average Bonchev–Trinajstić information content (AvgIpc) is 2.71. The number of ether oxygens (including phenoxy) is 3. The minimum absolute atomic E-state index is 0.106. The topological polar surface area (TPSA) is 176 Å². The van der Waals surface area contributed by atoms with Gasteiger partial charge in [0.05, 0.1) is 35.3 Å². The highest BCUT2D eigenvalue weighted by Gasteiger charge is 2.29. The lowest BCUT2D eigenvalue weighted by Crippen LogP contribution is -2.42. The van der Waals surface area contributed by atoms with Gasteiger partial charge in [-0.15, -0.1) is 0 Å². The lowest BCUT2D eigenvalue weighted by atomic mass is 10.1. The second-order valence-electron chi connectivity index (χ2n) is 6.58. The quantitative estimate of drug-likeness (QED) is 0.242. The van der Waals surface area contributed by atoms with Gasteiger partial charge >= 0.3 is 5.69 Å². The molecule has 11 heteroatoms. The number of nitriles is 1. The lowest BCUT2D eigenvalue weighted by Gasteiger charge is -2.27. The molecule has 2 aromatic carbocycles. The van der Waals surface area contributed by atoms with Gasteiger partial charge in [-0.25, -0.2) is 0 Å². The molecular formula is C20H22N2O9. The van der Waals surface area contributed by atoms with Crippen LogP contribution in [0.4, 0.5) is 5.69 Å². The first-order valence-corrected chi connectivity index (χ1v) is 9.10. The van der Waals surface area contributed by atoms with Crippen molar-refractivity contribution < 1.29 is 39.6 Å². The van der Waals surface area contributed by atoms with E-state index in [2.05, 4.69) is 0 Å². The molecule has 0 aromatic heterocycles. The molecule has 31 heavy (non-hydrogen) atoms. The molecule has 3 unspecified atom stereocenters. The van der Waals surface area contributed by atoms with Gasteiger partial charge in [0.1, 0.15) is 17.6 Å². The van der Waals surface area contributed by atoms with Crippen molar-refractivity contribution in [3.8, 4) is 23.3 Å². The number of nitrogens with zero attached hydrogens (tertiary/aromatic N) is 2. The Morgan fingerprint density at radius 2 is 1.90 bits per heavy atom. The number of hydrogen-bond donors (Lipinski definition) is 4. The number of benzene rings is 2. The van der Waals surface area contributed by atoms with E-state index >= 15 is 0 Å². The molecule has 0 aliphatic carbocycles. The predicted octanol–water partition coefficient (Wildman–Crippen LogP) is 1.34. The third-order valence-electron chi connectivity index (χ3n) is 4.16. The smallest absolute Gasteiger partial charge is 0.315 e. The summed E-state index contributed by atoms with van der Waals surface area (Å²) < 4.78 is 16.1. The van der Waals surface area contributed by atoms with Crippen molar-refractivity contribution in [2.24, 2.45) is 0 Å². The number of rotatable bonds is 10. The molecule has 0 bridgehead atoms. The van der Waals surface area contributed by atoms with Crippen LogP contribution in [-0.4, -0.2) is 56.7 Å². The fourth-order valence-corrected chi connectivity index (χ4v) is 2.52. The van der Waals surface area contributed by atoms with Crippen LogP contribution in [0.15, 0.2) is 36.4 Å².